The molecule has 1 amide bonds. The van der Waals surface area contributed by atoms with Crippen LogP contribution in [-0.2, 0) is 11.8 Å². The number of aromatic nitrogens is 3. The number of alkyl halides is 1. The predicted octanol–water partition coefficient (Wildman–Crippen LogP) is 4.65. The number of amides is 1. The van der Waals surface area contributed by atoms with Gasteiger partial charge in [-0.1, -0.05) is 6.07 Å². The van der Waals surface area contributed by atoms with E-state index in [2.05, 4.69) is 15.4 Å². The van der Waals surface area contributed by atoms with Crippen molar-refractivity contribution < 1.29 is 22.7 Å². The number of anilines is 1. The highest BCUT2D eigenvalue weighted by atomic mass is 32.1. The van der Waals surface area contributed by atoms with Crippen molar-refractivity contribution in [1.82, 2.24) is 14.8 Å². The van der Waals surface area contributed by atoms with Crippen LogP contribution in [0.25, 0.3) is 10.6 Å². The first-order valence-corrected chi connectivity index (χ1v) is 10.3. The number of nitrogens with one attached hydrogen (secondary N) is 1. The molecule has 1 aliphatic heterocycles. The summed E-state index contributed by atoms with van der Waals surface area (Å²) in [5.74, 6) is -2.04. The lowest BCUT2D eigenvalue weighted by Gasteiger charge is -2.17. The Morgan fingerprint density at radius 3 is 2.83 bits per heavy atom. The number of benzene rings is 1. The van der Waals surface area contributed by atoms with Gasteiger partial charge in [0, 0.05) is 12.4 Å². The van der Waals surface area contributed by atoms with E-state index >= 15 is 0 Å². The smallest absolute Gasteiger partial charge is 0.275 e. The van der Waals surface area contributed by atoms with Crippen molar-refractivity contribution >= 4 is 22.9 Å². The minimum atomic E-state index is -1.01. The molecule has 10 heteroatoms. The summed E-state index contributed by atoms with van der Waals surface area (Å²) in [4.78, 5) is 16.8. The lowest BCUT2D eigenvalue weighted by Crippen LogP contribution is -2.17. The normalized spacial score (nSPS) is 19.5. The molecule has 0 radical (unpaired) electrons. The minimum absolute atomic E-state index is 0.00706. The van der Waals surface area contributed by atoms with Gasteiger partial charge in [-0.05, 0) is 31.4 Å². The van der Waals surface area contributed by atoms with Crippen molar-refractivity contribution in [2.75, 3.05) is 11.9 Å². The second kappa shape index (κ2) is 8.57. The van der Waals surface area contributed by atoms with Gasteiger partial charge < -0.3 is 10.1 Å². The Bertz CT molecular complexity index is 1050. The molecular weight excluding hydrogens is 417 g/mol. The van der Waals surface area contributed by atoms with Gasteiger partial charge in [0.05, 0.1) is 29.7 Å². The van der Waals surface area contributed by atoms with E-state index in [-0.39, 0.29) is 22.9 Å². The molecule has 158 valence electrons. The topological polar surface area (TPSA) is 69.0 Å². The molecule has 2 atom stereocenters. The standard InChI is InChI=1S/C20H19F3N4O2S/c1-27-18(16-7-2-4-11(21)9-29-16)14(8-24-27)25-19(28)15-10-30-20(26-15)17-12(22)5-3-6-13(17)23/h3,5-6,8,10-11,16H,2,4,7,9H2,1H3,(H,25,28)/t11-,16-/m1/s1. The van der Waals surface area contributed by atoms with E-state index in [0.29, 0.717) is 30.6 Å². The van der Waals surface area contributed by atoms with Crippen molar-refractivity contribution in [3.8, 4) is 10.6 Å². The fraction of sp³-hybridized carbons (Fsp3) is 0.350. The summed E-state index contributed by atoms with van der Waals surface area (Å²) in [5, 5.41) is 8.41. The maximum Gasteiger partial charge on any atom is 0.275 e. The van der Waals surface area contributed by atoms with Crippen molar-refractivity contribution in [2.45, 2.75) is 31.5 Å². The van der Waals surface area contributed by atoms with Gasteiger partial charge in [-0.15, -0.1) is 11.3 Å². The molecule has 0 spiro atoms. The molecule has 3 heterocycles. The van der Waals surface area contributed by atoms with Crippen molar-refractivity contribution in [1.29, 1.82) is 0 Å². The minimum Gasteiger partial charge on any atom is -0.369 e. The van der Waals surface area contributed by atoms with E-state index in [1.54, 1.807) is 11.7 Å². The quantitative estimate of drug-likeness (QED) is 0.646. The number of thiazole rings is 1. The number of aryl methyl sites for hydroxylation is 1. The Balaban J connectivity index is 1.55. The van der Waals surface area contributed by atoms with Crippen LogP contribution in [0.2, 0.25) is 0 Å². The van der Waals surface area contributed by atoms with Crippen LogP contribution in [0.1, 0.15) is 41.5 Å². The number of halogens is 3. The molecule has 4 rings (SSSR count). The molecule has 1 aromatic carbocycles. The van der Waals surface area contributed by atoms with E-state index in [9.17, 15) is 18.0 Å². The third-order valence-corrected chi connectivity index (χ3v) is 5.77. The number of hydrogen-bond acceptors (Lipinski definition) is 5. The predicted molar refractivity (Wildman–Crippen MR) is 106 cm³/mol. The number of rotatable bonds is 4. The summed E-state index contributed by atoms with van der Waals surface area (Å²) in [7, 11) is 1.72. The van der Waals surface area contributed by atoms with Crippen LogP contribution in [0.4, 0.5) is 18.9 Å². The van der Waals surface area contributed by atoms with Crippen molar-refractivity contribution in [3.05, 3.63) is 52.8 Å². The maximum absolute atomic E-state index is 14.0. The summed E-state index contributed by atoms with van der Waals surface area (Å²) < 4.78 is 48.8. The van der Waals surface area contributed by atoms with Gasteiger partial charge in [-0.3, -0.25) is 9.48 Å². The highest BCUT2D eigenvalue weighted by Crippen LogP contribution is 2.33. The van der Waals surface area contributed by atoms with Crippen LogP contribution in [0.15, 0.2) is 29.8 Å². The van der Waals surface area contributed by atoms with E-state index < -0.39 is 29.8 Å². The number of ether oxygens (including phenoxy) is 1. The fourth-order valence-corrected chi connectivity index (χ4v) is 4.28. The molecule has 0 bridgehead atoms. The molecule has 3 aromatic rings. The van der Waals surface area contributed by atoms with Gasteiger partial charge in [0.2, 0.25) is 0 Å². The van der Waals surface area contributed by atoms with Crippen LogP contribution in [0.3, 0.4) is 0 Å². The van der Waals surface area contributed by atoms with Crippen LogP contribution in [-0.4, -0.2) is 33.5 Å². The van der Waals surface area contributed by atoms with Gasteiger partial charge in [0.15, 0.2) is 0 Å². The molecule has 1 aliphatic rings. The third-order valence-electron chi connectivity index (χ3n) is 4.91. The highest BCUT2D eigenvalue weighted by Gasteiger charge is 2.26. The van der Waals surface area contributed by atoms with E-state index in [0.717, 1.165) is 23.5 Å². The van der Waals surface area contributed by atoms with Crippen molar-refractivity contribution in [2.24, 2.45) is 7.05 Å². The molecule has 2 aromatic heterocycles. The third kappa shape index (κ3) is 4.10. The second-order valence-corrected chi connectivity index (χ2v) is 7.86. The first-order chi connectivity index (χ1) is 14.4. The SMILES string of the molecule is Cn1ncc(NC(=O)c2csc(-c3c(F)cccc3F)n2)c1[C@H]1CCC[C@@H](F)CO1. The zero-order chi connectivity index (χ0) is 21.3. The molecule has 0 aliphatic carbocycles. The van der Waals surface area contributed by atoms with Gasteiger partial charge in [0.25, 0.3) is 5.91 Å². The summed E-state index contributed by atoms with van der Waals surface area (Å²) in [6.07, 6.45) is 1.78. The molecule has 30 heavy (non-hydrogen) atoms. The van der Waals surface area contributed by atoms with E-state index in [4.69, 9.17) is 4.74 Å². The summed E-state index contributed by atoms with van der Waals surface area (Å²) in [6, 6.07) is 3.53. The van der Waals surface area contributed by atoms with Crippen LogP contribution >= 0.6 is 11.3 Å². The molecule has 0 saturated carbocycles. The Kier molecular flexibility index (Phi) is 5.87. The van der Waals surface area contributed by atoms with E-state index in [1.807, 2.05) is 0 Å². The van der Waals surface area contributed by atoms with Crippen molar-refractivity contribution in [3.63, 3.8) is 0 Å². The molecular formula is C20H19F3N4O2S. The Labute approximate surface area is 174 Å². The lowest BCUT2D eigenvalue weighted by molar-refractivity contribution is 0.0265. The Hall–Kier alpha value is -2.72. The van der Waals surface area contributed by atoms with Crippen LogP contribution in [0, 0.1) is 11.6 Å². The number of nitrogens with zero attached hydrogens (tertiary/aromatic N) is 3. The lowest BCUT2D eigenvalue weighted by atomic mass is 10.1. The highest BCUT2D eigenvalue weighted by molar-refractivity contribution is 7.13. The number of carbonyl (C=O) groups excluding carboxylic acids is 1. The largest absolute Gasteiger partial charge is 0.369 e. The summed E-state index contributed by atoms with van der Waals surface area (Å²) >= 11 is 0.971. The van der Waals surface area contributed by atoms with E-state index in [1.165, 1.54) is 17.6 Å². The monoisotopic (exact) mass is 436 g/mol. The van der Waals surface area contributed by atoms with Gasteiger partial charge in [-0.25, -0.2) is 18.2 Å². The van der Waals surface area contributed by atoms with Gasteiger partial charge in [0.1, 0.15) is 34.6 Å². The zero-order valence-electron chi connectivity index (χ0n) is 16.1. The Morgan fingerprint density at radius 1 is 1.30 bits per heavy atom. The maximum atomic E-state index is 14.0. The average Bonchev–Trinajstić information content (AvgIpc) is 3.26. The molecule has 1 fully saturated rings. The Morgan fingerprint density at radius 2 is 2.07 bits per heavy atom. The fourth-order valence-electron chi connectivity index (χ4n) is 3.43. The van der Waals surface area contributed by atoms with Crippen LogP contribution in [0.5, 0.6) is 0 Å². The summed E-state index contributed by atoms with van der Waals surface area (Å²) in [5.41, 5.74) is 0.818. The number of hydrogen-bond donors (Lipinski definition) is 1. The van der Waals surface area contributed by atoms with Gasteiger partial charge in [-0.2, -0.15) is 5.10 Å². The molecule has 0 unspecified atom stereocenters. The summed E-state index contributed by atoms with van der Waals surface area (Å²) in [6.45, 7) is -0.00706. The first-order valence-electron chi connectivity index (χ1n) is 9.43. The average molecular weight is 436 g/mol. The van der Waals surface area contributed by atoms with Gasteiger partial charge >= 0.3 is 0 Å². The molecule has 1 saturated heterocycles. The van der Waals surface area contributed by atoms with Crippen LogP contribution < -0.4 is 5.32 Å². The zero-order valence-corrected chi connectivity index (χ0v) is 16.9. The molecule has 6 nitrogen and oxygen atoms in total. The number of carbonyl (C=O) groups is 1. The molecule has 1 N–H and O–H groups in total. The first kappa shape index (κ1) is 20.5. The second-order valence-electron chi connectivity index (χ2n) is 7.01.